The van der Waals surface area contributed by atoms with E-state index in [1.807, 2.05) is 54.7 Å². The van der Waals surface area contributed by atoms with Crippen LogP contribution < -0.4 is 0 Å². The SMILES string of the molecule is CC(C)c1cccc(C(C)C)c1-n1ccnc1-c1[c-]c(-c2nc(-c3ccccc3O)cc3ccccc23)ccc1.[Pt]. The molecule has 0 aliphatic heterocycles. The third-order valence-electron chi connectivity index (χ3n) is 7.44. The molecule has 0 spiro atoms. The predicted octanol–water partition coefficient (Wildman–Crippen LogP) is 9.17. The van der Waals surface area contributed by atoms with E-state index in [4.69, 9.17) is 9.97 Å². The third-order valence-corrected chi connectivity index (χ3v) is 7.44. The molecule has 1 N–H and O–H groups in total. The molecule has 0 amide bonds. The van der Waals surface area contributed by atoms with Gasteiger partial charge in [-0.15, -0.1) is 24.3 Å². The van der Waals surface area contributed by atoms with Crippen LogP contribution in [0.4, 0.5) is 0 Å². The summed E-state index contributed by atoms with van der Waals surface area (Å²) in [5, 5.41) is 12.7. The molecule has 5 heteroatoms. The van der Waals surface area contributed by atoms with E-state index in [1.165, 1.54) is 16.8 Å². The molecule has 0 fully saturated rings. The van der Waals surface area contributed by atoms with Crippen LogP contribution in [-0.4, -0.2) is 19.6 Å². The van der Waals surface area contributed by atoms with Gasteiger partial charge in [-0.3, -0.25) is 9.97 Å². The fraction of sp³-hybridized carbons (Fsp3) is 0.167. The number of aromatic hydroxyl groups is 1. The number of imidazole rings is 1. The number of aromatic nitrogens is 3. The van der Waals surface area contributed by atoms with Crippen molar-refractivity contribution in [2.75, 3.05) is 0 Å². The Balaban J connectivity index is 0.00000337. The van der Waals surface area contributed by atoms with Crippen molar-refractivity contribution >= 4 is 10.8 Å². The average molecular weight is 718 g/mol. The van der Waals surface area contributed by atoms with Crippen LogP contribution >= 0.6 is 0 Å². The molecule has 0 unspecified atom stereocenters. The maximum Gasteiger partial charge on any atom is 0.124 e. The van der Waals surface area contributed by atoms with Gasteiger partial charge in [0.05, 0.1) is 11.5 Å². The molecule has 2 heterocycles. The first-order chi connectivity index (χ1) is 19.4. The fourth-order valence-electron chi connectivity index (χ4n) is 5.44. The van der Waals surface area contributed by atoms with E-state index < -0.39 is 0 Å². The number of hydrogen-bond acceptors (Lipinski definition) is 3. The van der Waals surface area contributed by atoms with Crippen LogP contribution in [0.2, 0.25) is 0 Å². The molecule has 0 radical (unpaired) electrons. The Morgan fingerprint density at radius 2 is 1.41 bits per heavy atom. The van der Waals surface area contributed by atoms with Crippen LogP contribution in [0, 0.1) is 6.07 Å². The second-order valence-electron chi connectivity index (χ2n) is 10.8. The Morgan fingerprint density at radius 3 is 2.15 bits per heavy atom. The van der Waals surface area contributed by atoms with Gasteiger partial charge in [0.2, 0.25) is 0 Å². The Morgan fingerprint density at radius 1 is 0.756 bits per heavy atom. The second-order valence-corrected chi connectivity index (χ2v) is 10.8. The van der Waals surface area contributed by atoms with Crippen molar-refractivity contribution in [1.82, 2.24) is 14.5 Å². The van der Waals surface area contributed by atoms with Crippen LogP contribution in [0.15, 0.2) is 103 Å². The minimum absolute atomic E-state index is 0. The molecule has 0 saturated heterocycles. The Labute approximate surface area is 256 Å². The van der Waals surface area contributed by atoms with Crippen molar-refractivity contribution in [2.45, 2.75) is 39.5 Å². The van der Waals surface area contributed by atoms with E-state index >= 15 is 0 Å². The number of nitrogens with zero attached hydrogens (tertiary/aromatic N) is 3. The van der Waals surface area contributed by atoms with Crippen LogP contribution in [0.25, 0.3) is 50.4 Å². The first kappa shape index (κ1) is 28.5. The monoisotopic (exact) mass is 717 g/mol. The minimum atomic E-state index is 0. The molecule has 4 nitrogen and oxygen atoms in total. The van der Waals surface area contributed by atoms with Gasteiger partial charge in [-0.2, -0.15) is 0 Å². The van der Waals surface area contributed by atoms with Gasteiger partial charge in [0.25, 0.3) is 0 Å². The van der Waals surface area contributed by atoms with Gasteiger partial charge in [-0.25, -0.2) is 0 Å². The van der Waals surface area contributed by atoms with Gasteiger partial charge in [0, 0.05) is 50.4 Å². The summed E-state index contributed by atoms with van der Waals surface area (Å²) >= 11 is 0. The summed E-state index contributed by atoms with van der Waals surface area (Å²) in [6.07, 6.45) is 3.92. The molecular formula is C36H32N3OPt-. The standard InChI is InChI=1S/C36H32N3O.Pt/c1-23(2)28-16-10-17-29(24(3)4)35(28)39-20-19-37-36(39)27-13-9-12-26(21-27)34-30-14-6-5-11-25(30)22-32(38-34)31-15-7-8-18-33(31)40;/h5-20,22-24,40H,1-4H3;/q-1;. The summed E-state index contributed by atoms with van der Waals surface area (Å²) < 4.78 is 2.21. The van der Waals surface area contributed by atoms with Crippen molar-refractivity contribution in [2.24, 2.45) is 0 Å². The maximum atomic E-state index is 10.6. The molecule has 208 valence electrons. The van der Waals surface area contributed by atoms with E-state index in [9.17, 15) is 5.11 Å². The van der Waals surface area contributed by atoms with Crippen molar-refractivity contribution in [3.8, 4) is 45.3 Å². The minimum Gasteiger partial charge on any atom is -0.507 e. The smallest absolute Gasteiger partial charge is 0.124 e. The Hall–Kier alpha value is -4.01. The van der Waals surface area contributed by atoms with Crippen LogP contribution in [0.5, 0.6) is 5.75 Å². The second kappa shape index (κ2) is 11.8. The molecule has 6 rings (SSSR count). The molecule has 0 aliphatic rings. The number of fused-ring (bicyclic) bond motifs is 1. The fourth-order valence-corrected chi connectivity index (χ4v) is 5.44. The molecule has 0 bridgehead atoms. The van der Waals surface area contributed by atoms with Gasteiger partial charge >= 0.3 is 0 Å². The zero-order chi connectivity index (χ0) is 27.8. The molecule has 2 aromatic heterocycles. The van der Waals surface area contributed by atoms with Crippen molar-refractivity contribution in [1.29, 1.82) is 0 Å². The number of para-hydroxylation sites is 2. The van der Waals surface area contributed by atoms with E-state index in [0.29, 0.717) is 17.4 Å². The normalized spacial score (nSPS) is 11.3. The number of phenolic OH excluding ortho intramolecular Hbond substituents is 1. The molecule has 6 aromatic rings. The number of pyridine rings is 1. The van der Waals surface area contributed by atoms with E-state index in [0.717, 1.165) is 39.1 Å². The molecule has 0 saturated carbocycles. The zero-order valence-electron chi connectivity index (χ0n) is 23.6. The van der Waals surface area contributed by atoms with Crippen molar-refractivity contribution in [3.05, 3.63) is 121 Å². The van der Waals surface area contributed by atoms with Crippen molar-refractivity contribution < 1.29 is 26.2 Å². The van der Waals surface area contributed by atoms with Crippen LogP contribution in [-0.2, 0) is 21.1 Å². The van der Waals surface area contributed by atoms with Gasteiger partial charge in [-0.05, 0) is 51.9 Å². The first-order valence-corrected chi connectivity index (χ1v) is 13.8. The summed E-state index contributed by atoms with van der Waals surface area (Å²) in [6, 6.07) is 34.0. The average Bonchev–Trinajstić information content (AvgIpc) is 3.46. The quantitative estimate of drug-likeness (QED) is 0.175. The molecule has 4 aromatic carbocycles. The molecule has 0 aliphatic carbocycles. The van der Waals surface area contributed by atoms with Gasteiger partial charge in [-0.1, -0.05) is 93.4 Å². The summed E-state index contributed by atoms with van der Waals surface area (Å²) in [4.78, 5) is 9.88. The number of phenols is 1. The topological polar surface area (TPSA) is 50.9 Å². The van der Waals surface area contributed by atoms with Crippen LogP contribution in [0.3, 0.4) is 0 Å². The van der Waals surface area contributed by atoms with E-state index in [1.54, 1.807) is 6.07 Å². The number of benzene rings is 4. The van der Waals surface area contributed by atoms with E-state index in [-0.39, 0.29) is 26.8 Å². The zero-order valence-corrected chi connectivity index (χ0v) is 25.8. The summed E-state index contributed by atoms with van der Waals surface area (Å²) in [6.45, 7) is 8.95. The number of rotatable bonds is 6. The predicted molar refractivity (Wildman–Crippen MR) is 164 cm³/mol. The molecular weight excluding hydrogens is 685 g/mol. The third kappa shape index (κ3) is 5.37. The number of hydrogen-bond donors (Lipinski definition) is 1. The van der Waals surface area contributed by atoms with E-state index in [2.05, 4.69) is 80.9 Å². The summed E-state index contributed by atoms with van der Waals surface area (Å²) in [5.74, 6) is 1.79. The van der Waals surface area contributed by atoms with Gasteiger partial charge in [0.15, 0.2) is 0 Å². The molecule has 0 atom stereocenters. The Bertz CT molecular complexity index is 1810. The van der Waals surface area contributed by atoms with Gasteiger partial charge in [0.1, 0.15) is 5.75 Å². The van der Waals surface area contributed by atoms with Crippen molar-refractivity contribution in [3.63, 3.8) is 0 Å². The molecule has 41 heavy (non-hydrogen) atoms. The largest absolute Gasteiger partial charge is 0.507 e. The maximum absolute atomic E-state index is 10.6. The van der Waals surface area contributed by atoms with Gasteiger partial charge < -0.3 is 9.67 Å². The van der Waals surface area contributed by atoms with Crippen LogP contribution in [0.1, 0.15) is 50.7 Å². The summed E-state index contributed by atoms with van der Waals surface area (Å²) in [5.41, 5.74) is 7.81. The summed E-state index contributed by atoms with van der Waals surface area (Å²) in [7, 11) is 0. The first-order valence-electron chi connectivity index (χ1n) is 13.8. The Kier molecular flexibility index (Phi) is 8.24.